The van der Waals surface area contributed by atoms with E-state index in [0.717, 1.165) is 50.0 Å². The van der Waals surface area contributed by atoms with Gasteiger partial charge in [-0.25, -0.2) is 8.78 Å². The van der Waals surface area contributed by atoms with Gasteiger partial charge in [-0.15, -0.1) is 0 Å². The molecule has 1 aliphatic heterocycles. The summed E-state index contributed by atoms with van der Waals surface area (Å²) < 4.78 is 68.7. The molecule has 206 valence electrons. The fraction of sp³-hybridized carbons (Fsp3) is 0.387. The Labute approximate surface area is 224 Å². The minimum absolute atomic E-state index is 0.231. The Morgan fingerprint density at radius 1 is 0.974 bits per heavy atom. The van der Waals surface area contributed by atoms with Gasteiger partial charge in [-0.3, -0.25) is 9.69 Å². The maximum Gasteiger partial charge on any atom is 0.419 e. The minimum atomic E-state index is -4.84. The van der Waals surface area contributed by atoms with Gasteiger partial charge >= 0.3 is 12.1 Å². The average Bonchev–Trinajstić information content (AvgIpc) is 2.85. The van der Waals surface area contributed by atoms with Gasteiger partial charge in [-0.05, 0) is 103 Å². The number of carboxylic acids is 1. The van der Waals surface area contributed by atoms with E-state index in [9.17, 15) is 31.9 Å². The molecule has 3 aromatic carbocycles. The molecule has 1 saturated heterocycles. The summed E-state index contributed by atoms with van der Waals surface area (Å²) in [6, 6.07) is 13.9. The number of carboxylic acid groups (broad SMARTS) is 1. The highest BCUT2D eigenvalue weighted by Gasteiger charge is 2.46. The van der Waals surface area contributed by atoms with Crippen molar-refractivity contribution in [2.24, 2.45) is 5.92 Å². The van der Waals surface area contributed by atoms with Gasteiger partial charge in [0, 0.05) is 0 Å². The van der Waals surface area contributed by atoms with Crippen molar-refractivity contribution in [1.82, 2.24) is 4.90 Å². The van der Waals surface area contributed by atoms with Crippen molar-refractivity contribution in [2.75, 3.05) is 13.1 Å². The molecule has 39 heavy (non-hydrogen) atoms. The Morgan fingerprint density at radius 3 is 2.18 bits per heavy atom. The largest absolute Gasteiger partial charge is 0.481 e. The SMILES string of the molecule is CC1CCN([C@@H](c2ccc(F)cc2)c2ccc(C3(C(=O)O)CCC3)cc2-c2ccc(C(F)(F)F)c(F)c2)CC1. The van der Waals surface area contributed by atoms with Crippen LogP contribution < -0.4 is 0 Å². The second kappa shape index (κ2) is 10.4. The average molecular weight is 544 g/mol. The molecular weight excluding hydrogens is 513 g/mol. The van der Waals surface area contributed by atoms with E-state index in [1.165, 1.54) is 18.2 Å². The highest BCUT2D eigenvalue weighted by atomic mass is 19.4. The van der Waals surface area contributed by atoms with Gasteiger partial charge in [0.05, 0.1) is 17.0 Å². The van der Waals surface area contributed by atoms with Crippen molar-refractivity contribution in [2.45, 2.75) is 56.7 Å². The van der Waals surface area contributed by atoms with Gasteiger partial charge in [0.2, 0.25) is 0 Å². The summed E-state index contributed by atoms with van der Waals surface area (Å²) in [5, 5.41) is 10.1. The van der Waals surface area contributed by atoms with E-state index in [-0.39, 0.29) is 11.6 Å². The number of likely N-dealkylation sites (tertiary alicyclic amines) is 1. The van der Waals surface area contributed by atoms with E-state index in [2.05, 4.69) is 11.8 Å². The number of piperidine rings is 1. The van der Waals surface area contributed by atoms with Gasteiger partial charge < -0.3 is 5.11 Å². The Bertz CT molecular complexity index is 1360. The van der Waals surface area contributed by atoms with Crippen molar-refractivity contribution in [3.05, 3.63) is 94.6 Å². The number of alkyl halides is 3. The molecule has 2 fully saturated rings. The number of rotatable bonds is 6. The van der Waals surface area contributed by atoms with Crippen LogP contribution in [-0.2, 0) is 16.4 Å². The van der Waals surface area contributed by atoms with Crippen molar-refractivity contribution in [1.29, 1.82) is 0 Å². The van der Waals surface area contributed by atoms with Crippen molar-refractivity contribution < 1.29 is 31.9 Å². The molecule has 0 spiro atoms. The highest BCUT2D eigenvalue weighted by molar-refractivity contribution is 5.84. The van der Waals surface area contributed by atoms with E-state index < -0.39 is 34.8 Å². The number of hydrogen-bond donors (Lipinski definition) is 1. The highest BCUT2D eigenvalue weighted by Crippen LogP contribution is 2.47. The molecular formula is C31H30F5NO2. The van der Waals surface area contributed by atoms with Crippen LogP contribution in [0.4, 0.5) is 22.0 Å². The first-order valence-corrected chi connectivity index (χ1v) is 13.2. The van der Waals surface area contributed by atoms with Crippen LogP contribution in [0.15, 0.2) is 60.7 Å². The third kappa shape index (κ3) is 5.19. The number of aliphatic carboxylic acids is 1. The summed E-state index contributed by atoms with van der Waals surface area (Å²) in [5.41, 5.74) is 0.317. The summed E-state index contributed by atoms with van der Waals surface area (Å²) in [4.78, 5) is 14.5. The summed E-state index contributed by atoms with van der Waals surface area (Å²) in [6.45, 7) is 3.69. The van der Waals surface area contributed by atoms with Crippen LogP contribution in [0.5, 0.6) is 0 Å². The zero-order chi connectivity index (χ0) is 27.9. The Hall–Kier alpha value is -3.26. The van der Waals surface area contributed by atoms with Gasteiger partial charge in [-0.1, -0.05) is 43.7 Å². The molecule has 0 bridgehead atoms. The molecule has 2 aliphatic rings. The number of hydrogen-bond acceptors (Lipinski definition) is 2. The molecule has 0 amide bonds. The van der Waals surface area contributed by atoms with E-state index in [0.29, 0.717) is 35.4 Å². The maximum atomic E-state index is 14.8. The number of benzene rings is 3. The van der Waals surface area contributed by atoms with Gasteiger partial charge in [-0.2, -0.15) is 13.2 Å². The molecule has 0 radical (unpaired) electrons. The number of halogens is 5. The fourth-order valence-corrected chi connectivity index (χ4v) is 5.93. The summed E-state index contributed by atoms with van der Waals surface area (Å²) in [7, 11) is 0. The van der Waals surface area contributed by atoms with Crippen LogP contribution in [0, 0.1) is 17.6 Å². The van der Waals surface area contributed by atoms with Gasteiger partial charge in [0.15, 0.2) is 0 Å². The maximum absolute atomic E-state index is 14.8. The first-order valence-electron chi connectivity index (χ1n) is 13.2. The molecule has 0 unspecified atom stereocenters. The molecule has 3 nitrogen and oxygen atoms in total. The molecule has 3 aromatic rings. The zero-order valence-corrected chi connectivity index (χ0v) is 21.6. The molecule has 1 N–H and O–H groups in total. The predicted molar refractivity (Wildman–Crippen MR) is 138 cm³/mol. The third-order valence-corrected chi connectivity index (χ3v) is 8.47. The lowest BCUT2D eigenvalue weighted by Gasteiger charge is -2.40. The van der Waals surface area contributed by atoms with E-state index >= 15 is 0 Å². The second-order valence-corrected chi connectivity index (χ2v) is 10.9. The van der Waals surface area contributed by atoms with Crippen LogP contribution in [0.1, 0.15) is 67.3 Å². The first-order chi connectivity index (χ1) is 18.5. The standard InChI is InChI=1S/C31H30F5NO2/c1-19-11-15-37(16-12-19)28(20-3-7-23(32)8-4-20)24-9-6-22(30(29(38)39)13-2-14-30)18-25(24)21-5-10-26(27(33)17-21)31(34,35)36/h3-10,17-19,28H,2,11-16H2,1H3,(H,38,39)/t28-/m0/s1. The third-order valence-electron chi connectivity index (χ3n) is 8.47. The predicted octanol–water partition coefficient (Wildman–Crippen LogP) is 7.98. The van der Waals surface area contributed by atoms with E-state index in [1.54, 1.807) is 24.3 Å². The smallest absolute Gasteiger partial charge is 0.419 e. The van der Waals surface area contributed by atoms with Crippen molar-refractivity contribution in [3.63, 3.8) is 0 Å². The normalized spacial score (nSPS) is 18.9. The van der Waals surface area contributed by atoms with Crippen molar-refractivity contribution in [3.8, 4) is 11.1 Å². The molecule has 0 aromatic heterocycles. The van der Waals surface area contributed by atoms with E-state index in [1.807, 2.05) is 6.07 Å². The van der Waals surface area contributed by atoms with Crippen LogP contribution in [0.25, 0.3) is 11.1 Å². The molecule has 1 aliphatic carbocycles. The fourth-order valence-electron chi connectivity index (χ4n) is 5.93. The lowest BCUT2D eigenvalue weighted by atomic mass is 9.64. The topological polar surface area (TPSA) is 40.5 Å². The monoisotopic (exact) mass is 543 g/mol. The molecule has 8 heteroatoms. The Morgan fingerprint density at radius 2 is 1.64 bits per heavy atom. The van der Waals surface area contributed by atoms with Crippen LogP contribution in [0.2, 0.25) is 0 Å². The van der Waals surface area contributed by atoms with Crippen LogP contribution in [-0.4, -0.2) is 29.1 Å². The van der Waals surface area contributed by atoms with Gasteiger partial charge in [0.25, 0.3) is 0 Å². The minimum Gasteiger partial charge on any atom is -0.481 e. The Balaban J connectivity index is 1.71. The Kier molecular flexibility index (Phi) is 7.27. The van der Waals surface area contributed by atoms with Crippen LogP contribution >= 0.6 is 0 Å². The summed E-state index contributed by atoms with van der Waals surface area (Å²) >= 11 is 0. The zero-order valence-electron chi connectivity index (χ0n) is 21.6. The molecule has 1 atom stereocenters. The van der Waals surface area contributed by atoms with Gasteiger partial charge in [0.1, 0.15) is 11.6 Å². The summed E-state index contributed by atoms with van der Waals surface area (Å²) in [5.74, 6) is -2.20. The first kappa shape index (κ1) is 27.3. The molecule has 1 saturated carbocycles. The summed E-state index contributed by atoms with van der Waals surface area (Å²) in [6.07, 6.45) is -1.29. The lowest BCUT2D eigenvalue weighted by molar-refractivity contribution is -0.147. The second-order valence-electron chi connectivity index (χ2n) is 10.9. The lowest BCUT2D eigenvalue weighted by Crippen LogP contribution is -2.42. The van der Waals surface area contributed by atoms with Crippen molar-refractivity contribution >= 4 is 5.97 Å². The molecule has 5 rings (SSSR count). The molecule has 1 heterocycles. The number of carbonyl (C=O) groups is 1. The van der Waals surface area contributed by atoms with Crippen LogP contribution in [0.3, 0.4) is 0 Å². The quantitative estimate of drug-likeness (QED) is 0.321. The number of nitrogens with zero attached hydrogens (tertiary/aromatic N) is 1. The van der Waals surface area contributed by atoms with E-state index in [4.69, 9.17) is 0 Å².